The molecule has 1 N–H and O–H groups in total. The summed E-state index contributed by atoms with van der Waals surface area (Å²) in [6.07, 6.45) is 10.1. The van der Waals surface area contributed by atoms with Crippen LogP contribution in [0.1, 0.15) is 58.8 Å². The highest BCUT2D eigenvalue weighted by Gasteiger charge is 2.11. The Labute approximate surface area is 101 Å². The van der Waals surface area contributed by atoms with Crippen LogP contribution in [0.2, 0.25) is 0 Å². The predicted molar refractivity (Wildman–Crippen MR) is 69.8 cm³/mol. The molecule has 0 aromatic heterocycles. The van der Waals surface area contributed by atoms with Crippen molar-refractivity contribution >= 4 is 0 Å². The van der Waals surface area contributed by atoms with Gasteiger partial charge in [0.25, 0.3) is 0 Å². The minimum atomic E-state index is 0.384. The van der Waals surface area contributed by atoms with E-state index in [0.29, 0.717) is 6.10 Å². The van der Waals surface area contributed by atoms with Crippen LogP contribution in [0.3, 0.4) is 0 Å². The number of unbranched alkanes of at least 4 members (excludes halogenated alkanes) is 1. The normalized spacial score (nSPS) is 18.2. The Balaban J connectivity index is 1.80. The van der Waals surface area contributed by atoms with Gasteiger partial charge in [-0.05, 0) is 58.5 Å². The fourth-order valence-electron chi connectivity index (χ4n) is 2.37. The SMILES string of the molecule is CC(C)OCCCCNCC1CCCCC1. The first kappa shape index (κ1) is 14.0. The average molecular weight is 227 g/mol. The van der Waals surface area contributed by atoms with E-state index < -0.39 is 0 Å². The summed E-state index contributed by atoms with van der Waals surface area (Å²) >= 11 is 0. The molecule has 0 atom stereocenters. The van der Waals surface area contributed by atoms with E-state index >= 15 is 0 Å². The highest BCUT2D eigenvalue weighted by Crippen LogP contribution is 2.22. The molecule has 0 aromatic carbocycles. The van der Waals surface area contributed by atoms with Crippen LogP contribution in [0.25, 0.3) is 0 Å². The van der Waals surface area contributed by atoms with E-state index in [0.717, 1.165) is 19.1 Å². The van der Waals surface area contributed by atoms with E-state index in [-0.39, 0.29) is 0 Å². The van der Waals surface area contributed by atoms with Crippen LogP contribution in [-0.4, -0.2) is 25.8 Å². The molecule has 0 aromatic rings. The second-order valence-electron chi connectivity index (χ2n) is 5.33. The highest BCUT2D eigenvalue weighted by atomic mass is 16.5. The van der Waals surface area contributed by atoms with E-state index in [1.165, 1.54) is 51.5 Å². The van der Waals surface area contributed by atoms with E-state index in [1.54, 1.807) is 0 Å². The lowest BCUT2D eigenvalue weighted by molar-refractivity contribution is 0.0760. The Kier molecular flexibility index (Phi) is 7.87. The van der Waals surface area contributed by atoms with Crippen molar-refractivity contribution in [3.63, 3.8) is 0 Å². The van der Waals surface area contributed by atoms with Crippen molar-refractivity contribution in [3.8, 4) is 0 Å². The third-order valence-electron chi connectivity index (χ3n) is 3.36. The molecular weight excluding hydrogens is 198 g/mol. The fraction of sp³-hybridized carbons (Fsp3) is 1.00. The molecule has 2 nitrogen and oxygen atoms in total. The molecular formula is C14H29NO. The number of hydrogen-bond acceptors (Lipinski definition) is 2. The molecule has 0 radical (unpaired) electrons. The van der Waals surface area contributed by atoms with Crippen molar-refractivity contribution in [1.82, 2.24) is 5.32 Å². The van der Waals surface area contributed by atoms with E-state index in [4.69, 9.17) is 4.74 Å². The summed E-state index contributed by atoms with van der Waals surface area (Å²) in [4.78, 5) is 0. The minimum absolute atomic E-state index is 0.384. The molecule has 1 fully saturated rings. The predicted octanol–water partition coefficient (Wildman–Crippen LogP) is 3.36. The number of ether oxygens (including phenoxy) is 1. The molecule has 0 heterocycles. The minimum Gasteiger partial charge on any atom is -0.379 e. The lowest BCUT2D eigenvalue weighted by Crippen LogP contribution is -2.25. The molecule has 0 saturated heterocycles. The van der Waals surface area contributed by atoms with Crippen LogP contribution in [-0.2, 0) is 4.74 Å². The largest absolute Gasteiger partial charge is 0.379 e. The van der Waals surface area contributed by atoms with Crippen molar-refractivity contribution in [2.45, 2.75) is 64.9 Å². The molecule has 1 aliphatic rings. The summed E-state index contributed by atoms with van der Waals surface area (Å²) in [5.74, 6) is 0.959. The quantitative estimate of drug-likeness (QED) is 0.642. The van der Waals surface area contributed by atoms with Crippen LogP contribution in [0.5, 0.6) is 0 Å². The number of hydrogen-bond donors (Lipinski definition) is 1. The summed E-state index contributed by atoms with van der Waals surface area (Å²) in [5.41, 5.74) is 0. The zero-order valence-electron chi connectivity index (χ0n) is 11.1. The lowest BCUT2D eigenvalue weighted by atomic mass is 9.89. The Morgan fingerprint density at radius 1 is 1.12 bits per heavy atom. The zero-order chi connectivity index (χ0) is 11.6. The van der Waals surface area contributed by atoms with Crippen molar-refractivity contribution in [2.75, 3.05) is 19.7 Å². The molecule has 0 aliphatic heterocycles. The molecule has 1 rings (SSSR count). The summed E-state index contributed by atoms with van der Waals surface area (Å²) in [5, 5.41) is 3.59. The van der Waals surface area contributed by atoms with Gasteiger partial charge in [0, 0.05) is 6.61 Å². The first-order valence-corrected chi connectivity index (χ1v) is 7.11. The van der Waals surface area contributed by atoms with Crippen LogP contribution in [0, 0.1) is 5.92 Å². The Morgan fingerprint density at radius 3 is 2.56 bits per heavy atom. The molecule has 0 spiro atoms. The number of nitrogens with one attached hydrogen (secondary N) is 1. The van der Waals surface area contributed by atoms with E-state index in [2.05, 4.69) is 19.2 Å². The van der Waals surface area contributed by atoms with Crippen LogP contribution in [0.4, 0.5) is 0 Å². The molecule has 0 unspecified atom stereocenters. The maximum absolute atomic E-state index is 5.51. The average Bonchev–Trinajstić information content (AvgIpc) is 2.29. The summed E-state index contributed by atoms with van der Waals surface area (Å²) in [7, 11) is 0. The van der Waals surface area contributed by atoms with Gasteiger partial charge in [0.05, 0.1) is 6.10 Å². The van der Waals surface area contributed by atoms with Gasteiger partial charge in [0.2, 0.25) is 0 Å². The number of rotatable bonds is 8. The van der Waals surface area contributed by atoms with Gasteiger partial charge in [-0.1, -0.05) is 19.3 Å². The van der Waals surface area contributed by atoms with Crippen molar-refractivity contribution in [2.24, 2.45) is 5.92 Å². The maximum Gasteiger partial charge on any atom is 0.0518 e. The molecule has 0 bridgehead atoms. The van der Waals surface area contributed by atoms with Gasteiger partial charge in [0.1, 0.15) is 0 Å². The van der Waals surface area contributed by atoms with Crippen molar-refractivity contribution in [1.29, 1.82) is 0 Å². The van der Waals surface area contributed by atoms with Gasteiger partial charge in [0.15, 0.2) is 0 Å². The second-order valence-corrected chi connectivity index (χ2v) is 5.33. The summed E-state index contributed by atoms with van der Waals surface area (Å²) in [6.45, 7) is 7.52. The van der Waals surface area contributed by atoms with E-state index in [9.17, 15) is 0 Å². The third kappa shape index (κ3) is 7.24. The molecule has 0 amide bonds. The van der Waals surface area contributed by atoms with Crippen molar-refractivity contribution in [3.05, 3.63) is 0 Å². The van der Waals surface area contributed by atoms with Gasteiger partial charge in [-0.25, -0.2) is 0 Å². The van der Waals surface area contributed by atoms with Gasteiger partial charge in [-0.3, -0.25) is 0 Å². The van der Waals surface area contributed by atoms with Crippen LogP contribution in [0.15, 0.2) is 0 Å². The van der Waals surface area contributed by atoms with Crippen LogP contribution < -0.4 is 5.32 Å². The smallest absolute Gasteiger partial charge is 0.0518 e. The second kappa shape index (κ2) is 9.00. The zero-order valence-corrected chi connectivity index (χ0v) is 11.1. The highest BCUT2D eigenvalue weighted by molar-refractivity contribution is 4.67. The first-order chi connectivity index (χ1) is 7.79. The molecule has 16 heavy (non-hydrogen) atoms. The summed E-state index contributed by atoms with van der Waals surface area (Å²) < 4.78 is 5.51. The Morgan fingerprint density at radius 2 is 1.88 bits per heavy atom. The molecule has 1 aliphatic carbocycles. The molecule has 96 valence electrons. The molecule has 2 heteroatoms. The summed E-state index contributed by atoms with van der Waals surface area (Å²) in [6, 6.07) is 0. The first-order valence-electron chi connectivity index (χ1n) is 7.11. The topological polar surface area (TPSA) is 21.3 Å². The van der Waals surface area contributed by atoms with E-state index in [1.807, 2.05) is 0 Å². The van der Waals surface area contributed by atoms with Crippen LogP contribution >= 0.6 is 0 Å². The Hall–Kier alpha value is -0.0800. The van der Waals surface area contributed by atoms with Crippen molar-refractivity contribution < 1.29 is 4.74 Å². The fourth-order valence-corrected chi connectivity index (χ4v) is 2.37. The standard InChI is InChI=1S/C14H29NO/c1-13(2)16-11-7-6-10-15-12-14-8-4-3-5-9-14/h13-15H,3-12H2,1-2H3. The monoisotopic (exact) mass is 227 g/mol. The molecule has 1 saturated carbocycles. The van der Waals surface area contributed by atoms with Gasteiger partial charge < -0.3 is 10.1 Å². The van der Waals surface area contributed by atoms with Gasteiger partial charge in [-0.15, -0.1) is 0 Å². The van der Waals surface area contributed by atoms with Gasteiger partial charge >= 0.3 is 0 Å². The maximum atomic E-state index is 5.51. The Bertz CT molecular complexity index is 153. The third-order valence-corrected chi connectivity index (χ3v) is 3.36. The van der Waals surface area contributed by atoms with Gasteiger partial charge in [-0.2, -0.15) is 0 Å². The lowest BCUT2D eigenvalue weighted by Gasteiger charge is -2.21.